The largest absolute Gasteiger partial charge is 1.00 e. The molecule has 3 aromatic carbocycles. The average molecular weight is 697 g/mol. The molecule has 0 spiro atoms. The number of rotatable bonds is 5. The van der Waals surface area contributed by atoms with Gasteiger partial charge in [0, 0.05) is 0 Å². The first-order valence-electron chi connectivity index (χ1n) is 11.0. The van der Waals surface area contributed by atoms with Crippen LogP contribution in [0.4, 0.5) is 0 Å². The van der Waals surface area contributed by atoms with Crippen molar-refractivity contribution >= 4 is 25.6 Å². The summed E-state index contributed by atoms with van der Waals surface area (Å²) in [6.07, 6.45) is 12.5. The van der Waals surface area contributed by atoms with Crippen LogP contribution in [0.25, 0.3) is 11.1 Å². The first-order valence-corrected chi connectivity index (χ1v) is 28.1. The fourth-order valence-corrected chi connectivity index (χ4v) is 47.0. The van der Waals surface area contributed by atoms with Gasteiger partial charge in [-0.3, -0.25) is 0 Å². The topological polar surface area (TPSA) is 0 Å². The normalized spacial score (nSPS) is 13.9. The minimum atomic E-state index is -2.15. The second kappa shape index (κ2) is 12.4. The molecule has 33 heavy (non-hydrogen) atoms. The van der Waals surface area contributed by atoms with E-state index in [0.717, 1.165) is 0 Å². The molecule has 0 aromatic heterocycles. The van der Waals surface area contributed by atoms with Crippen molar-refractivity contribution in [1.29, 1.82) is 0 Å². The Morgan fingerprint density at radius 3 is 1.39 bits per heavy atom. The molecule has 164 valence electrons. The smallest absolute Gasteiger partial charge is 1.00 e. The number of hydrogen-bond donors (Lipinski definition) is 0. The Labute approximate surface area is 218 Å². The first kappa shape index (κ1) is 26.2. The van der Waals surface area contributed by atoms with Crippen LogP contribution in [-0.2, 0) is 18.3 Å². The van der Waals surface area contributed by atoms with Crippen LogP contribution >= 0.6 is 0 Å². The summed E-state index contributed by atoms with van der Waals surface area (Å²) in [6, 6.07) is 33.3. The van der Waals surface area contributed by atoms with E-state index >= 15 is 0 Å². The molecular formula is C29H26Cl2GeHf. The number of allylic oxidation sites excluding steroid dienone is 8. The zero-order valence-corrected chi connectivity index (χ0v) is 25.8. The SMILES string of the molecule is [CH3][Ge]([c]1ccccc1)=[Hf+2]([C]1=CC(c2ccccc2)=CC1)[C]1=CC(c2ccccc2)=CC1.[Cl-].[Cl-]. The van der Waals surface area contributed by atoms with E-state index in [2.05, 4.69) is 121 Å². The third-order valence-electron chi connectivity index (χ3n) is 6.18. The molecule has 2 aliphatic carbocycles. The van der Waals surface area contributed by atoms with E-state index in [1.54, 1.807) is 4.40 Å². The molecule has 0 N–H and O–H groups in total. The maximum atomic E-state index is 2.65. The van der Waals surface area contributed by atoms with Gasteiger partial charge in [-0.2, -0.15) is 0 Å². The van der Waals surface area contributed by atoms with Gasteiger partial charge in [0.2, 0.25) is 0 Å². The molecule has 3 aromatic rings. The molecule has 0 atom stereocenters. The van der Waals surface area contributed by atoms with Gasteiger partial charge in [-0.1, -0.05) is 0 Å². The summed E-state index contributed by atoms with van der Waals surface area (Å²) < 4.78 is 5.31. The van der Waals surface area contributed by atoms with Gasteiger partial charge < -0.3 is 24.8 Å². The predicted octanol–water partition coefficient (Wildman–Crippen LogP) is 0.884. The van der Waals surface area contributed by atoms with E-state index in [9.17, 15) is 0 Å². The molecular weight excluding hydrogens is 670 g/mol. The molecule has 5 rings (SSSR count). The van der Waals surface area contributed by atoms with Gasteiger partial charge in [0.25, 0.3) is 0 Å². The molecule has 0 heterocycles. The van der Waals surface area contributed by atoms with Gasteiger partial charge in [-0.25, -0.2) is 0 Å². The van der Waals surface area contributed by atoms with Gasteiger partial charge in [0.15, 0.2) is 0 Å². The molecule has 4 heteroatoms. The summed E-state index contributed by atoms with van der Waals surface area (Å²) in [5.74, 6) is 2.65. The van der Waals surface area contributed by atoms with E-state index in [-0.39, 0.29) is 24.8 Å². The molecule has 0 amide bonds. The fourth-order valence-electron chi connectivity index (χ4n) is 4.58. The van der Waals surface area contributed by atoms with Crippen molar-refractivity contribution in [2.24, 2.45) is 0 Å². The van der Waals surface area contributed by atoms with Crippen LogP contribution in [-0.4, -0.2) is 10.1 Å². The monoisotopic (exact) mass is 698 g/mol. The van der Waals surface area contributed by atoms with Crippen LogP contribution in [0.5, 0.6) is 0 Å². The summed E-state index contributed by atoms with van der Waals surface area (Å²) in [4.78, 5) is 0. The van der Waals surface area contributed by atoms with Gasteiger partial charge in [-0.15, -0.1) is 0 Å². The maximum absolute atomic E-state index is 2.65. The summed E-state index contributed by atoms with van der Waals surface area (Å²) in [7, 11) is -1.35. The van der Waals surface area contributed by atoms with Crippen LogP contribution in [0.1, 0.15) is 24.0 Å². The summed E-state index contributed by atoms with van der Waals surface area (Å²) in [6.45, 7) is 0. The van der Waals surface area contributed by atoms with Crippen molar-refractivity contribution in [1.82, 2.24) is 0 Å². The molecule has 0 unspecified atom stereocenters. The second-order valence-electron chi connectivity index (χ2n) is 8.16. The molecule has 0 aliphatic heterocycles. The minimum absolute atomic E-state index is 0. The number of halogens is 2. The van der Waals surface area contributed by atoms with Crippen molar-refractivity contribution in [2.45, 2.75) is 18.6 Å². The van der Waals surface area contributed by atoms with E-state index in [4.69, 9.17) is 0 Å². The Balaban J connectivity index is 0.00000153. The number of benzene rings is 3. The summed E-state index contributed by atoms with van der Waals surface area (Å²) in [5, 5.41) is 0. The predicted molar refractivity (Wildman–Crippen MR) is 132 cm³/mol. The number of hydrogen-bond acceptors (Lipinski definition) is 0. The Morgan fingerprint density at radius 2 is 0.970 bits per heavy atom. The van der Waals surface area contributed by atoms with Crippen LogP contribution < -0.4 is 29.2 Å². The minimum Gasteiger partial charge on any atom is -1.00 e. The van der Waals surface area contributed by atoms with Gasteiger partial charge in [0.1, 0.15) is 0 Å². The van der Waals surface area contributed by atoms with Crippen LogP contribution in [0.3, 0.4) is 0 Å². The molecule has 0 fully saturated rings. The quantitative estimate of drug-likeness (QED) is 0.348. The Kier molecular flexibility index (Phi) is 9.82. The molecule has 0 nitrogen and oxygen atoms in total. The van der Waals surface area contributed by atoms with Crippen molar-refractivity contribution in [3.8, 4) is 0 Å². The zero-order chi connectivity index (χ0) is 21.0. The van der Waals surface area contributed by atoms with Crippen LogP contribution in [0.2, 0.25) is 5.76 Å². The Hall–Kier alpha value is -1.39. The Morgan fingerprint density at radius 1 is 0.576 bits per heavy atom. The molecule has 0 bridgehead atoms. The zero-order valence-electron chi connectivity index (χ0n) is 18.6. The van der Waals surface area contributed by atoms with E-state index in [0.29, 0.717) is 0 Å². The van der Waals surface area contributed by atoms with Gasteiger partial charge >= 0.3 is 196 Å². The fraction of sp³-hybridized carbons (Fsp3) is 0.103. The van der Waals surface area contributed by atoms with Crippen molar-refractivity contribution in [2.75, 3.05) is 0 Å². The third kappa shape index (κ3) is 6.00. The summed E-state index contributed by atoms with van der Waals surface area (Å²) in [5.41, 5.74) is 5.60. The van der Waals surface area contributed by atoms with Crippen molar-refractivity contribution in [3.63, 3.8) is 0 Å². The Bertz CT molecular complexity index is 1180. The maximum Gasteiger partial charge on any atom is -1.00 e. The van der Waals surface area contributed by atoms with Crippen LogP contribution in [0, 0.1) is 0 Å². The second-order valence-corrected chi connectivity index (χ2v) is 41.9. The molecule has 0 saturated carbocycles. The molecule has 0 saturated heterocycles. The van der Waals surface area contributed by atoms with Gasteiger partial charge in [0.05, 0.1) is 0 Å². The van der Waals surface area contributed by atoms with E-state index in [1.807, 2.05) is 6.66 Å². The van der Waals surface area contributed by atoms with Gasteiger partial charge in [-0.05, 0) is 0 Å². The standard InChI is InChI=1S/2C11H9.C7H8Ge.2ClH.Hf/c2*1-2-6-10(7-3-1)11-8-4-5-9-11;1-8-7-5-3-2-4-6-7;;;/h2*1-3,6-9H,4H2;2-6H,1H3;2*1H;/q;;;;;+2/p-2. The molecule has 2 aliphatic rings. The summed E-state index contributed by atoms with van der Waals surface area (Å²) >= 11 is -2.15. The van der Waals surface area contributed by atoms with Crippen molar-refractivity contribution < 1.29 is 43.2 Å². The van der Waals surface area contributed by atoms with E-state index in [1.165, 1.54) is 35.1 Å². The first-order chi connectivity index (χ1) is 15.3. The van der Waals surface area contributed by atoms with Crippen LogP contribution in [0.15, 0.2) is 122 Å². The molecule has 0 radical (unpaired) electrons. The average Bonchev–Trinajstić information content (AvgIpc) is 3.52. The van der Waals surface area contributed by atoms with E-state index < -0.39 is 28.4 Å². The van der Waals surface area contributed by atoms with Crippen molar-refractivity contribution in [3.05, 3.63) is 133 Å². The third-order valence-corrected chi connectivity index (χ3v) is 47.8.